The largest absolute Gasteiger partial charge is 0.477 e. The van der Waals surface area contributed by atoms with Gasteiger partial charge in [-0.1, -0.05) is 12.8 Å². The molecular weight excluding hydrogens is 286 g/mol. The van der Waals surface area contributed by atoms with E-state index in [1.54, 1.807) is 12.3 Å². The maximum absolute atomic E-state index is 12.4. The summed E-state index contributed by atoms with van der Waals surface area (Å²) in [5.41, 5.74) is 0.0275. The van der Waals surface area contributed by atoms with Crippen molar-refractivity contribution in [3.63, 3.8) is 0 Å². The van der Waals surface area contributed by atoms with Gasteiger partial charge in [-0.15, -0.1) is 11.3 Å². The predicted octanol–water partition coefficient (Wildman–Crippen LogP) is 2.37. The number of carboxylic acids is 1. The first kappa shape index (κ1) is 14.5. The molecule has 0 atom stereocenters. The highest BCUT2D eigenvalue weighted by atomic mass is 32.2. The lowest BCUT2D eigenvalue weighted by molar-refractivity contribution is 0.0698. The number of rotatable bonds is 4. The minimum absolute atomic E-state index is 0.0851. The van der Waals surface area contributed by atoms with E-state index in [0.29, 0.717) is 5.56 Å². The van der Waals surface area contributed by atoms with Crippen molar-refractivity contribution in [1.82, 2.24) is 4.72 Å². The zero-order valence-corrected chi connectivity index (χ0v) is 12.5. The molecule has 0 unspecified atom stereocenters. The molecule has 0 aliphatic heterocycles. The number of nitrogens with one attached hydrogen (secondary N) is 1. The summed E-state index contributed by atoms with van der Waals surface area (Å²) in [7, 11) is -3.79. The second kappa shape index (κ2) is 4.88. The second-order valence-corrected chi connectivity index (χ2v) is 7.75. The molecule has 19 heavy (non-hydrogen) atoms. The normalized spacial score (nSPS) is 18.6. The Morgan fingerprint density at radius 2 is 2.00 bits per heavy atom. The maximum Gasteiger partial charge on any atom is 0.347 e. The molecule has 1 aliphatic carbocycles. The standard InChI is InChI=1S/C12H17NO4S2/c1-8-7-18-9(11(14)15)10(8)19(16,17)13-12(2)5-3-4-6-12/h7,13H,3-6H2,1-2H3,(H,14,15). The molecule has 7 heteroatoms. The molecule has 0 spiro atoms. The van der Waals surface area contributed by atoms with Gasteiger partial charge in [0, 0.05) is 5.54 Å². The van der Waals surface area contributed by atoms with Crippen LogP contribution in [-0.2, 0) is 10.0 Å². The van der Waals surface area contributed by atoms with Gasteiger partial charge in [-0.05, 0) is 37.6 Å². The quantitative estimate of drug-likeness (QED) is 0.894. The summed E-state index contributed by atoms with van der Waals surface area (Å²) in [5, 5.41) is 10.7. The summed E-state index contributed by atoms with van der Waals surface area (Å²) in [6, 6.07) is 0. The number of carbonyl (C=O) groups is 1. The average molecular weight is 303 g/mol. The number of aryl methyl sites for hydroxylation is 1. The van der Waals surface area contributed by atoms with Gasteiger partial charge in [-0.25, -0.2) is 17.9 Å². The zero-order chi connectivity index (χ0) is 14.3. The molecule has 2 N–H and O–H groups in total. The van der Waals surface area contributed by atoms with Crippen LogP contribution in [0.25, 0.3) is 0 Å². The summed E-state index contributed by atoms with van der Waals surface area (Å²) >= 11 is 0.949. The Balaban J connectivity index is 2.40. The summed E-state index contributed by atoms with van der Waals surface area (Å²) < 4.78 is 27.6. The van der Waals surface area contributed by atoms with Crippen molar-refractivity contribution in [3.05, 3.63) is 15.8 Å². The number of hydrogen-bond acceptors (Lipinski definition) is 4. The van der Waals surface area contributed by atoms with Crippen LogP contribution in [0.4, 0.5) is 0 Å². The van der Waals surface area contributed by atoms with Gasteiger partial charge >= 0.3 is 5.97 Å². The number of aromatic carboxylic acids is 1. The Morgan fingerprint density at radius 3 is 2.53 bits per heavy atom. The first-order valence-electron chi connectivity index (χ1n) is 6.10. The smallest absolute Gasteiger partial charge is 0.347 e. The molecule has 0 radical (unpaired) electrons. The SMILES string of the molecule is Cc1csc(C(=O)O)c1S(=O)(=O)NC1(C)CCCC1. The molecule has 2 rings (SSSR count). The molecular formula is C12H17NO4S2. The molecule has 5 nitrogen and oxygen atoms in total. The van der Waals surface area contributed by atoms with E-state index in [1.807, 2.05) is 6.92 Å². The van der Waals surface area contributed by atoms with Gasteiger partial charge < -0.3 is 5.11 Å². The lowest BCUT2D eigenvalue weighted by Gasteiger charge is -2.25. The molecule has 1 heterocycles. The van der Waals surface area contributed by atoms with Gasteiger partial charge in [0.15, 0.2) is 0 Å². The fourth-order valence-corrected chi connectivity index (χ4v) is 5.65. The van der Waals surface area contributed by atoms with Gasteiger partial charge in [-0.3, -0.25) is 0 Å². The Kier molecular flexibility index (Phi) is 3.72. The highest BCUT2D eigenvalue weighted by Crippen LogP contribution is 2.33. The molecule has 0 amide bonds. The van der Waals surface area contributed by atoms with Crippen LogP contribution in [0, 0.1) is 6.92 Å². The van der Waals surface area contributed by atoms with Crippen molar-refractivity contribution in [1.29, 1.82) is 0 Å². The fraction of sp³-hybridized carbons (Fsp3) is 0.583. The van der Waals surface area contributed by atoms with Crippen molar-refractivity contribution >= 4 is 27.3 Å². The molecule has 0 saturated heterocycles. The minimum atomic E-state index is -3.79. The first-order chi connectivity index (χ1) is 8.75. The minimum Gasteiger partial charge on any atom is -0.477 e. The summed E-state index contributed by atoms with van der Waals surface area (Å²) in [6.07, 6.45) is 3.57. The summed E-state index contributed by atoms with van der Waals surface area (Å²) in [4.78, 5) is 10.9. The van der Waals surface area contributed by atoms with Crippen LogP contribution in [0.5, 0.6) is 0 Å². The molecule has 106 valence electrons. The Hall–Kier alpha value is -0.920. The number of carboxylic acid groups (broad SMARTS) is 1. The van der Waals surface area contributed by atoms with E-state index in [2.05, 4.69) is 4.72 Å². The predicted molar refractivity (Wildman–Crippen MR) is 73.2 cm³/mol. The van der Waals surface area contributed by atoms with Crippen LogP contribution in [-0.4, -0.2) is 25.0 Å². The van der Waals surface area contributed by atoms with E-state index in [-0.39, 0.29) is 9.77 Å². The lowest BCUT2D eigenvalue weighted by Crippen LogP contribution is -2.43. The van der Waals surface area contributed by atoms with Crippen molar-refractivity contribution in [2.75, 3.05) is 0 Å². The van der Waals surface area contributed by atoms with Crippen molar-refractivity contribution < 1.29 is 18.3 Å². The molecule has 1 saturated carbocycles. The number of hydrogen-bond donors (Lipinski definition) is 2. The van der Waals surface area contributed by atoms with Crippen LogP contribution in [0.1, 0.15) is 47.8 Å². The summed E-state index contributed by atoms with van der Waals surface area (Å²) in [5.74, 6) is -1.20. The Morgan fingerprint density at radius 1 is 1.42 bits per heavy atom. The average Bonchev–Trinajstić information content (AvgIpc) is 2.84. The van der Waals surface area contributed by atoms with E-state index in [9.17, 15) is 13.2 Å². The molecule has 1 aromatic rings. The Labute approximate surface area is 116 Å². The third-order valence-corrected chi connectivity index (χ3v) is 6.51. The maximum atomic E-state index is 12.4. The van der Waals surface area contributed by atoms with E-state index in [0.717, 1.165) is 37.0 Å². The van der Waals surface area contributed by atoms with Gasteiger partial charge in [0.2, 0.25) is 10.0 Å². The number of thiophene rings is 1. The monoisotopic (exact) mass is 303 g/mol. The lowest BCUT2D eigenvalue weighted by atomic mass is 10.0. The molecule has 1 aromatic heterocycles. The number of sulfonamides is 1. The van der Waals surface area contributed by atoms with Crippen LogP contribution in [0.3, 0.4) is 0 Å². The third kappa shape index (κ3) is 2.82. The fourth-order valence-electron chi connectivity index (χ4n) is 2.55. The molecule has 1 fully saturated rings. The third-order valence-electron chi connectivity index (χ3n) is 3.47. The van der Waals surface area contributed by atoms with E-state index >= 15 is 0 Å². The first-order valence-corrected chi connectivity index (χ1v) is 8.47. The summed E-state index contributed by atoms with van der Waals surface area (Å²) in [6.45, 7) is 3.49. The van der Waals surface area contributed by atoms with E-state index in [4.69, 9.17) is 5.11 Å². The molecule has 0 aromatic carbocycles. The van der Waals surface area contributed by atoms with Crippen LogP contribution in [0.2, 0.25) is 0 Å². The van der Waals surface area contributed by atoms with Gasteiger partial charge in [0.05, 0.1) is 0 Å². The molecule has 0 bridgehead atoms. The molecule has 1 aliphatic rings. The van der Waals surface area contributed by atoms with Crippen molar-refractivity contribution in [2.24, 2.45) is 0 Å². The second-order valence-electron chi connectivity index (χ2n) is 5.26. The van der Waals surface area contributed by atoms with Crippen molar-refractivity contribution in [2.45, 2.75) is 50.0 Å². The Bertz CT molecular complexity index is 597. The van der Waals surface area contributed by atoms with Crippen molar-refractivity contribution in [3.8, 4) is 0 Å². The van der Waals surface area contributed by atoms with Crippen LogP contribution >= 0.6 is 11.3 Å². The van der Waals surface area contributed by atoms with Crippen LogP contribution in [0.15, 0.2) is 10.3 Å². The highest BCUT2D eigenvalue weighted by molar-refractivity contribution is 7.89. The van der Waals surface area contributed by atoms with Gasteiger partial charge in [0.25, 0.3) is 0 Å². The van der Waals surface area contributed by atoms with Gasteiger partial charge in [0.1, 0.15) is 9.77 Å². The topological polar surface area (TPSA) is 83.5 Å². The highest BCUT2D eigenvalue weighted by Gasteiger charge is 2.36. The van der Waals surface area contributed by atoms with Gasteiger partial charge in [-0.2, -0.15) is 0 Å². The van der Waals surface area contributed by atoms with Crippen LogP contribution < -0.4 is 4.72 Å². The van der Waals surface area contributed by atoms with E-state index < -0.39 is 21.5 Å². The van der Waals surface area contributed by atoms with E-state index in [1.165, 1.54) is 0 Å². The zero-order valence-electron chi connectivity index (χ0n) is 10.9.